The predicted octanol–water partition coefficient (Wildman–Crippen LogP) is 2.88. The molecule has 1 aromatic carbocycles. The number of halogens is 1. The number of allylic oxidation sites excluding steroid dienone is 1. The number of cyclic esters (lactones) is 1. The number of ether oxygens (including phenoxy) is 2. The molecule has 0 radical (unpaired) electrons. The largest absolute Gasteiger partial charge is 0.465 e. The number of likely N-dealkylation sites (tertiary alicyclic amines) is 1. The lowest BCUT2D eigenvalue weighted by Crippen LogP contribution is -2.58. The Kier molecular flexibility index (Phi) is 6.94. The fraction of sp³-hybridized carbons (Fsp3) is 0.519. The third-order valence-corrected chi connectivity index (χ3v) is 8.00. The van der Waals surface area contributed by atoms with E-state index in [4.69, 9.17) is 21.1 Å². The first-order chi connectivity index (χ1) is 17.4. The van der Waals surface area contributed by atoms with E-state index in [1.165, 1.54) is 4.90 Å². The van der Waals surface area contributed by atoms with E-state index >= 15 is 0 Å². The molecule has 2 amide bonds. The summed E-state index contributed by atoms with van der Waals surface area (Å²) >= 11 is 6.07. The van der Waals surface area contributed by atoms with E-state index in [0.717, 1.165) is 19.3 Å². The fourth-order valence-corrected chi connectivity index (χ4v) is 6.14. The van der Waals surface area contributed by atoms with Gasteiger partial charge in [-0.15, -0.1) is 0 Å². The maximum atomic E-state index is 14.2. The lowest BCUT2D eigenvalue weighted by molar-refractivity contribution is -0.155. The number of esters is 1. The zero-order chi connectivity index (χ0) is 25.4. The third-order valence-electron chi connectivity index (χ3n) is 7.75. The van der Waals surface area contributed by atoms with Crippen LogP contribution in [0.1, 0.15) is 32.6 Å². The quantitative estimate of drug-likeness (QED) is 0.490. The fourth-order valence-electron chi connectivity index (χ4n) is 6.02. The van der Waals surface area contributed by atoms with E-state index in [1.807, 2.05) is 25.2 Å². The molecule has 6 atom stereocenters. The van der Waals surface area contributed by atoms with Crippen LogP contribution in [0.25, 0.3) is 0 Å². The first-order valence-electron chi connectivity index (χ1n) is 12.6. The van der Waals surface area contributed by atoms with Crippen LogP contribution in [0.5, 0.6) is 0 Å². The standard InChI is InChI=1S/C27H31ClN2O6/c1-2-18(16-31)30-23-25(33)29(19-11-9-17(28)10-12-19)14-7-13-27(23)22(24(30)32)21-20(36-27)8-5-3-4-6-15-35-26(21)34/h5,7-13,18,20-23,31H,2-4,6,14-16H2,1H3/b8-5-/t18-,20+,21-,22-,23?,27-/m0/s1. The summed E-state index contributed by atoms with van der Waals surface area (Å²) in [5.41, 5.74) is -0.722. The summed E-state index contributed by atoms with van der Waals surface area (Å²) in [6.07, 6.45) is 9.61. The van der Waals surface area contributed by atoms with Gasteiger partial charge in [-0.2, -0.15) is 0 Å². The predicted molar refractivity (Wildman–Crippen MR) is 133 cm³/mol. The van der Waals surface area contributed by atoms with Gasteiger partial charge in [0.05, 0.1) is 31.3 Å². The van der Waals surface area contributed by atoms with Crippen molar-refractivity contribution in [2.75, 3.05) is 24.7 Å². The number of hydrogen-bond acceptors (Lipinski definition) is 6. The SMILES string of the molecule is CC[C@@H](CO)N1C(=O)[C@@H]2[C@H]3C(=O)OCCCC/C=C\[C@H]3O[C@@]23C=CCN(c2ccc(Cl)cc2)C(=O)C13. The molecule has 0 saturated carbocycles. The lowest BCUT2D eigenvalue weighted by atomic mass is 9.78. The van der Waals surface area contributed by atoms with Crippen molar-refractivity contribution < 1.29 is 29.0 Å². The smallest absolute Gasteiger partial charge is 0.312 e. The molecular weight excluding hydrogens is 484 g/mol. The minimum atomic E-state index is -1.36. The molecule has 1 unspecified atom stereocenters. The number of hydrogen-bond donors (Lipinski definition) is 1. The van der Waals surface area contributed by atoms with Crippen molar-refractivity contribution in [3.8, 4) is 0 Å². The van der Waals surface area contributed by atoms with Gasteiger partial charge in [0.1, 0.15) is 17.6 Å². The molecule has 4 aliphatic heterocycles. The number of rotatable bonds is 4. The van der Waals surface area contributed by atoms with Crippen molar-refractivity contribution in [2.45, 2.75) is 56.4 Å². The second-order valence-corrected chi connectivity index (χ2v) is 10.2. The van der Waals surface area contributed by atoms with Crippen LogP contribution in [0, 0.1) is 11.8 Å². The molecular formula is C27H31ClN2O6. The number of aliphatic hydroxyl groups is 1. The number of aliphatic hydroxyl groups excluding tert-OH is 1. The van der Waals surface area contributed by atoms with Gasteiger partial charge in [0, 0.05) is 17.3 Å². The molecule has 8 nitrogen and oxygen atoms in total. The number of carbonyl (C=O) groups is 3. The second kappa shape index (κ2) is 10.00. The molecule has 2 fully saturated rings. The Hall–Kier alpha value is -2.68. The topological polar surface area (TPSA) is 96.4 Å². The molecule has 5 rings (SSSR count). The highest BCUT2D eigenvalue weighted by Gasteiger charge is 2.72. The Morgan fingerprint density at radius 1 is 1.14 bits per heavy atom. The van der Waals surface area contributed by atoms with Gasteiger partial charge in [0.2, 0.25) is 5.91 Å². The maximum absolute atomic E-state index is 14.2. The Morgan fingerprint density at radius 3 is 2.64 bits per heavy atom. The van der Waals surface area contributed by atoms with E-state index in [9.17, 15) is 19.5 Å². The van der Waals surface area contributed by atoms with E-state index in [1.54, 1.807) is 35.2 Å². The van der Waals surface area contributed by atoms with Crippen molar-refractivity contribution in [1.82, 2.24) is 4.90 Å². The molecule has 192 valence electrons. The summed E-state index contributed by atoms with van der Waals surface area (Å²) in [4.78, 5) is 44.7. The monoisotopic (exact) mass is 514 g/mol. The Morgan fingerprint density at radius 2 is 1.92 bits per heavy atom. The molecule has 1 N–H and O–H groups in total. The van der Waals surface area contributed by atoms with E-state index in [-0.39, 0.29) is 31.6 Å². The van der Waals surface area contributed by atoms with E-state index in [2.05, 4.69) is 0 Å². The number of carbonyl (C=O) groups excluding carboxylic acids is 3. The molecule has 4 aliphatic rings. The molecule has 1 spiro atoms. The van der Waals surface area contributed by atoms with Gasteiger partial charge in [0.15, 0.2) is 0 Å². The first kappa shape index (κ1) is 25.0. The summed E-state index contributed by atoms with van der Waals surface area (Å²) in [6, 6.07) is 5.28. The average molecular weight is 515 g/mol. The van der Waals surface area contributed by atoms with Gasteiger partial charge >= 0.3 is 5.97 Å². The maximum Gasteiger partial charge on any atom is 0.312 e. The minimum absolute atomic E-state index is 0.266. The van der Waals surface area contributed by atoms with Crippen LogP contribution in [-0.2, 0) is 23.9 Å². The van der Waals surface area contributed by atoms with E-state index in [0.29, 0.717) is 17.1 Å². The molecule has 36 heavy (non-hydrogen) atoms. The first-order valence-corrected chi connectivity index (χ1v) is 13.0. The van der Waals surface area contributed by atoms with Crippen LogP contribution in [0.15, 0.2) is 48.6 Å². The molecule has 9 heteroatoms. The minimum Gasteiger partial charge on any atom is -0.465 e. The Labute approximate surface area is 215 Å². The van der Waals surface area contributed by atoms with Gasteiger partial charge < -0.3 is 24.4 Å². The molecule has 0 aromatic heterocycles. The van der Waals surface area contributed by atoms with Crippen molar-refractivity contribution in [3.05, 3.63) is 53.6 Å². The van der Waals surface area contributed by atoms with Gasteiger partial charge in [-0.05, 0) is 49.9 Å². The van der Waals surface area contributed by atoms with Crippen molar-refractivity contribution >= 4 is 35.1 Å². The third kappa shape index (κ3) is 3.96. The summed E-state index contributed by atoms with van der Waals surface area (Å²) in [5, 5.41) is 10.7. The highest BCUT2D eigenvalue weighted by Crippen LogP contribution is 2.54. The summed E-state index contributed by atoms with van der Waals surface area (Å²) < 4.78 is 12.2. The van der Waals surface area contributed by atoms with Crippen molar-refractivity contribution in [3.63, 3.8) is 0 Å². The second-order valence-electron chi connectivity index (χ2n) is 9.75. The van der Waals surface area contributed by atoms with Crippen LogP contribution < -0.4 is 4.90 Å². The molecule has 1 aromatic rings. The summed E-state index contributed by atoms with van der Waals surface area (Å²) in [6.45, 7) is 2.09. The normalized spacial score (nSPS) is 33.9. The highest BCUT2D eigenvalue weighted by molar-refractivity contribution is 6.30. The number of anilines is 1. The van der Waals surface area contributed by atoms with Crippen LogP contribution in [-0.4, -0.2) is 71.3 Å². The van der Waals surface area contributed by atoms with Crippen LogP contribution in [0.2, 0.25) is 5.02 Å². The molecule has 2 saturated heterocycles. The number of benzene rings is 1. The zero-order valence-electron chi connectivity index (χ0n) is 20.2. The van der Waals surface area contributed by atoms with E-state index < -0.39 is 41.6 Å². The molecule has 0 bridgehead atoms. The lowest BCUT2D eigenvalue weighted by Gasteiger charge is -2.38. The number of amides is 2. The highest BCUT2D eigenvalue weighted by atomic mass is 35.5. The van der Waals surface area contributed by atoms with Gasteiger partial charge in [-0.3, -0.25) is 14.4 Å². The number of fused-ring (bicyclic) bond motifs is 2. The van der Waals surface area contributed by atoms with Gasteiger partial charge in [-0.25, -0.2) is 0 Å². The Balaban J connectivity index is 1.63. The van der Waals surface area contributed by atoms with Crippen LogP contribution in [0.3, 0.4) is 0 Å². The van der Waals surface area contributed by atoms with Crippen molar-refractivity contribution in [2.24, 2.45) is 11.8 Å². The zero-order valence-corrected chi connectivity index (χ0v) is 21.0. The average Bonchev–Trinajstić information content (AvgIpc) is 3.26. The van der Waals surface area contributed by atoms with Crippen LogP contribution in [0.4, 0.5) is 5.69 Å². The number of nitrogens with zero attached hydrogens (tertiary/aromatic N) is 2. The summed E-state index contributed by atoms with van der Waals surface area (Å²) in [5.74, 6) is -3.00. The molecule has 0 aliphatic carbocycles. The van der Waals surface area contributed by atoms with Gasteiger partial charge in [0.25, 0.3) is 5.91 Å². The van der Waals surface area contributed by atoms with Gasteiger partial charge in [-0.1, -0.05) is 42.8 Å². The van der Waals surface area contributed by atoms with Crippen LogP contribution >= 0.6 is 11.6 Å². The Bertz CT molecular complexity index is 1080. The summed E-state index contributed by atoms with van der Waals surface area (Å²) in [7, 11) is 0. The molecule has 4 heterocycles. The van der Waals surface area contributed by atoms with Crippen molar-refractivity contribution in [1.29, 1.82) is 0 Å².